The monoisotopic (exact) mass is 278 g/mol. The molecule has 10 heteroatoms. The summed E-state index contributed by atoms with van der Waals surface area (Å²) < 4.78 is 74.2. The van der Waals surface area contributed by atoms with Crippen LogP contribution in [0.3, 0.4) is 0 Å². The summed E-state index contributed by atoms with van der Waals surface area (Å²) in [6.07, 6.45) is -11.4. The predicted octanol–water partition coefficient (Wildman–Crippen LogP) is 2.55. The highest BCUT2D eigenvalue weighted by Gasteiger charge is 2.50. The van der Waals surface area contributed by atoms with Crippen molar-refractivity contribution in [3.05, 3.63) is 11.1 Å². The largest absolute Gasteiger partial charge is 0.504 e. The predicted molar refractivity (Wildman–Crippen MR) is 43.1 cm³/mol. The van der Waals surface area contributed by atoms with Crippen LogP contribution in [0.5, 0.6) is 23.0 Å². The van der Waals surface area contributed by atoms with Crippen LogP contribution >= 0.6 is 0 Å². The minimum Gasteiger partial charge on any atom is -0.504 e. The highest BCUT2D eigenvalue weighted by molar-refractivity contribution is 5.66. The van der Waals surface area contributed by atoms with Gasteiger partial charge in [0.2, 0.25) is 11.5 Å². The lowest BCUT2D eigenvalue weighted by atomic mass is 10.0. The maximum Gasteiger partial charge on any atom is 0.420 e. The zero-order valence-corrected chi connectivity index (χ0v) is 8.06. The summed E-state index contributed by atoms with van der Waals surface area (Å²) in [6.45, 7) is 0. The molecule has 0 radical (unpaired) electrons. The van der Waals surface area contributed by atoms with Crippen LogP contribution < -0.4 is 0 Å². The Labute approximate surface area is 94.3 Å². The topological polar surface area (TPSA) is 80.9 Å². The van der Waals surface area contributed by atoms with E-state index in [1.807, 2.05) is 0 Å². The Bertz CT molecular complexity index is 445. The molecule has 0 spiro atoms. The highest BCUT2D eigenvalue weighted by atomic mass is 19.4. The molecule has 0 heterocycles. The number of aromatic hydroxyl groups is 4. The van der Waals surface area contributed by atoms with Gasteiger partial charge in [-0.2, -0.15) is 26.3 Å². The lowest BCUT2D eigenvalue weighted by molar-refractivity contribution is -0.164. The summed E-state index contributed by atoms with van der Waals surface area (Å²) in [5.74, 6) is -8.23. The van der Waals surface area contributed by atoms with Crippen molar-refractivity contribution in [1.29, 1.82) is 0 Å². The van der Waals surface area contributed by atoms with Crippen LogP contribution in [-0.2, 0) is 12.4 Å². The van der Waals surface area contributed by atoms with Gasteiger partial charge in [-0.25, -0.2) is 0 Å². The van der Waals surface area contributed by atoms with Gasteiger partial charge in [0.25, 0.3) is 0 Å². The fourth-order valence-electron chi connectivity index (χ4n) is 1.25. The van der Waals surface area contributed by atoms with E-state index in [1.165, 1.54) is 0 Å². The van der Waals surface area contributed by atoms with E-state index in [0.717, 1.165) is 0 Å². The Balaban J connectivity index is 3.89. The molecule has 0 bridgehead atoms. The third-order valence-electron chi connectivity index (χ3n) is 1.96. The molecular weight excluding hydrogens is 274 g/mol. The molecule has 0 saturated heterocycles. The summed E-state index contributed by atoms with van der Waals surface area (Å²) in [7, 11) is 0. The van der Waals surface area contributed by atoms with E-state index in [0.29, 0.717) is 0 Å². The molecule has 1 rings (SSSR count). The number of hydrogen-bond donors (Lipinski definition) is 4. The SMILES string of the molecule is Oc1c(O)c(O)c(C(F)(F)F)c(C(F)(F)F)c1O. The van der Waals surface area contributed by atoms with E-state index < -0.39 is 46.5 Å². The van der Waals surface area contributed by atoms with Gasteiger partial charge in [-0.05, 0) is 0 Å². The Hall–Kier alpha value is -2.00. The van der Waals surface area contributed by atoms with Crippen molar-refractivity contribution in [3.63, 3.8) is 0 Å². The third kappa shape index (κ3) is 2.05. The maximum atomic E-state index is 12.4. The molecule has 0 aliphatic carbocycles. The summed E-state index contributed by atoms with van der Waals surface area (Å²) in [4.78, 5) is 0. The number of benzene rings is 1. The molecular formula is C8H4F6O4. The van der Waals surface area contributed by atoms with Crippen molar-refractivity contribution in [1.82, 2.24) is 0 Å². The van der Waals surface area contributed by atoms with Gasteiger partial charge in [-0.3, -0.25) is 0 Å². The minimum absolute atomic E-state index is 1.90. The Kier molecular flexibility index (Phi) is 2.93. The molecule has 102 valence electrons. The van der Waals surface area contributed by atoms with E-state index in [-0.39, 0.29) is 0 Å². The van der Waals surface area contributed by atoms with Crippen LogP contribution in [0.15, 0.2) is 0 Å². The number of phenols is 4. The molecule has 0 aliphatic rings. The Morgan fingerprint density at radius 3 is 0.889 bits per heavy atom. The van der Waals surface area contributed by atoms with E-state index in [9.17, 15) is 26.3 Å². The first kappa shape index (κ1) is 14.1. The van der Waals surface area contributed by atoms with Gasteiger partial charge in [0.05, 0.1) is 0 Å². The van der Waals surface area contributed by atoms with Crippen LogP contribution in [-0.4, -0.2) is 20.4 Å². The van der Waals surface area contributed by atoms with Gasteiger partial charge in [0.1, 0.15) is 11.1 Å². The average molecular weight is 278 g/mol. The fraction of sp³-hybridized carbons (Fsp3) is 0.250. The van der Waals surface area contributed by atoms with Crippen molar-refractivity contribution in [3.8, 4) is 23.0 Å². The van der Waals surface area contributed by atoms with Gasteiger partial charge in [-0.1, -0.05) is 0 Å². The van der Waals surface area contributed by atoms with E-state index in [1.54, 1.807) is 0 Å². The van der Waals surface area contributed by atoms with E-state index in [2.05, 4.69) is 0 Å². The fourth-order valence-corrected chi connectivity index (χ4v) is 1.25. The number of alkyl halides is 6. The van der Waals surface area contributed by atoms with Crippen LogP contribution in [0.25, 0.3) is 0 Å². The standard InChI is InChI=1S/C8H4F6O4/c9-7(10,11)1-2(8(12,13)14)4(16)6(18)5(17)3(1)15/h15-18H. The first-order valence-corrected chi connectivity index (χ1v) is 4.03. The number of phenolic OH excluding ortho intramolecular Hbond substituents is 4. The first-order chi connectivity index (χ1) is 7.89. The van der Waals surface area contributed by atoms with Crippen molar-refractivity contribution >= 4 is 0 Å². The van der Waals surface area contributed by atoms with Crippen molar-refractivity contribution in [2.75, 3.05) is 0 Å². The maximum absolute atomic E-state index is 12.4. The third-order valence-corrected chi connectivity index (χ3v) is 1.96. The minimum atomic E-state index is -5.70. The first-order valence-electron chi connectivity index (χ1n) is 4.03. The van der Waals surface area contributed by atoms with Gasteiger partial charge in [-0.15, -0.1) is 0 Å². The quantitative estimate of drug-likeness (QED) is 0.334. The van der Waals surface area contributed by atoms with Gasteiger partial charge in [0.15, 0.2) is 11.5 Å². The van der Waals surface area contributed by atoms with Crippen molar-refractivity contribution in [2.45, 2.75) is 12.4 Å². The molecule has 18 heavy (non-hydrogen) atoms. The summed E-state index contributed by atoms with van der Waals surface area (Å²) in [5, 5.41) is 35.3. The van der Waals surface area contributed by atoms with Crippen LogP contribution in [0, 0.1) is 0 Å². The zero-order valence-electron chi connectivity index (χ0n) is 8.06. The Morgan fingerprint density at radius 1 is 0.500 bits per heavy atom. The lowest BCUT2D eigenvalue weighted by Crippen LogP contribution is -2.17. The smallest absolute Gasteiger partial charge is 0.420 e. The zero-order chi connectivity index (χ0) is 14.5. The van der Waals surface area contributed by atoms with Gasteiger partial charge >= 0.3 is 12.4 Å². The van der Waals surface area contributed by atoms with Crippen LogP contribution in [0.2, 0.25) is 0 Å². The second-order valence-corrected chi connectivity index (χ2v) is 3.14. The van der Waals surface area contributed by atoms with Gasteiger partial charge in [0, 0.05) is 0 Å². The molecule has 1 aromatic rings. The second kappa shape index (κ2) is 3.75. The van der Waals surface area contributed by atoms with E-state index >= 15 is 0 Å². The summed E-state index contributed by atoms with van der Waals surface area (Å²) in [6, 6.07) is 0. The highest BCUT2D eigenvalue weighted by Crippen LogP contribution is 2.56. The number of halogens is 6. The molecule has 0 atom stereocenters. The van der Waals surface area contributed by atoms with Crippen LogP contribution in [0.1, 0.15) is 11.1 Å². The molecule has 0 fully saturated rings. The molecule has 4 nitrogen and oxygen atoms in total. The average Bonchev–Trinajstić information content (AvgIpc) is 2.16. The second-order valence-electron chi connectivity index (χ2n) is 3.14. The number of hydrogen-bond acceptors (Lipinski definition) is 4. The molecule has 4 N–H and O–H groups in total. The summed E-state index contributed by atoms with van der Waals surface area (Å²) in [5.41, 5.74) is -5.36. The molecule has 0 amide bonds. The van der Waals surface area contributed by atoms with E-state index in [4.69, 9.17) is 20.4 Å². The van der Waals surface area contributed by atoms with Crippen molar-refractivity contribution < 1.29 is 46.8 Å². The molecule has 1 aromatic carbocycles. The molecule has 0 aromatic heterocycles. The lowest BCUT2D eigenvalue weighted by Gasteiger charge is -2.19. The van der Waals surface area contributed by atoms with Crippen LogP contribution in [0.4, 0.5) is 26.3 Å². The van der Waals surface area contributed by atoms with Gasteiger partial charge < -0.3 is 20.4 Å². The Morgan fingerprint density at radius 2 is 0.722 bits per heavy atom. The number of rotatable bonds is 0. The normalized spacial score (nSPS) is 12.8. The molecule has 0 saturated carbocycles. The van der Waals surface area contributed by atoms with Crippen molar-refractivity contribution in [2.24, 2.45) is 0 Å². The summed E-state index contributed by atoms with van der Waals surface area (Å²) >= 11 is 0. The molecule has 0 aliphatic heterocycles. The molecule has 0 unspecified atom stereocenters.